The minimum atomic E-state index is -0.430. The van der Waals surface area contributed by atoms with E-state index in [9.17, 15) is 9.59 Å². The van der Waals surface area contributed by atoms with Gasteiger partial charge in [-0.1, -0.05) is 40.5 Å². The van der Waals surface area contributed by atoms with Gasteiger partial charge in [-0.05, 0) is 18.3 Å². The summed E-state index contributed by atoms with van der Waals surface area (Å²) < 4.78 is 0. The van der Waals surface area contributed by atoms with Gasteiger partial charge in [0.1, 0.15) is 6.04 Å². The summed E-state index contributed by atoms with van der Waals surface area (Å²) in [5, 5.41) is 3.10. The molecule has 1 saturated carbocycles. The third-order valence-corrected chi connectivity index (χ3v) is 5.60. The first-order valence-corrected chi connectivity index (χ1v) is 9.05. The van der Waals surface area contributed by atoms with Crippen molar-refractivity contribution in [3.63, 3.8) is 0 Å². The van der Waals surface area contributed by atoms with Crippen LogP contribution in [0.5, 0.6) is 0 Å². The molecular weight excluding hydrogens is 284 g/mol. The van der Waals surface area contributed by atoms with E-state index in [1.807, 2.05) is 20.8 Å². The summed E-state index contributed by atoms with van der Waals surface area (Å²) in [4.78, 5) is 26.7. The predicted molar refractivity (Wildman–Crippen MR) is 87.0 cm³/mol. The number of carbonyl (C=O) groups excluding carboxylic acids is 2. The number of nitrogens with zero attached hydrogens (tertiary/aromatic N) is 1. The van der Waals surface area contributed by atoms with Gasteiger partial charge in [0.25, 0.3) is 0 Å². The highest BCUT2D eigenvalue weighted by Gasteiger charge is 2.39. The Hall–Kier alpha value is -0.710. The van der Waals surface area contributed by atoms with Crippen molar-refractivity contribution < 1.29 is 9.59 Å². The summed E-state index contributed by atoms with van der Waals surface area (Å²) in [6.45, 7) is 8.72. The molecule has 1 aliphatic heterocycles. The second-order valence-corrected chi connectivity index (χ2v) is 8.78. The van der Waals surface area contributed by atoms with Crippen LogP contribution in [-0.4, -0.2) is 40.9 Å². The third kappa shape index (κ3) is 3.93. The van der Waals surface area contributed by atoms with E-state index in [1.165, 1.54) is 25.7 Å². The van der Waals surface area contributed by atoms with Crippen LogP contribution in [0.2, 0.25) is 0 Å². The summed E-state index contributed by atoms with van der Waals surface area (Å²) in [6, 6.07) is -0.299. The zero-order valence-electron chi connectivity index (χ0n) is 13.7. The fraction of sp³-hybridized carbons (Fsp3) is 0.875. The Labute approximate surface area is 132 Å². The van der Waals surface area contributed by atoms with Crippen molar-refractivity contribution in [2.75, 3.05) is 18.2 Å². The van der Waals surface area contributed by atoms with Crippen molar-refractivity contribution in [1.82, 2.24) is 10.2 Å². The van der Waals surface area contributed by atoms with Crippen molar-refractivity contribution in [1.29, 1.82) is 0 Å². The summed E-state index contributed by atoms with van der Waals surface area (Å²) in [5.41, 5.74) is -0.179. The zero-order chi connectivity index (χ0) is 15.7. The molecule has 1 N–H and O–H groups in total. The molecule has 120 valence electrons. The van der Waals surface area contributed by atoms with Crippen LogP contribution in [-0.2, 0) is 9.59 Å². The largest absolute Gasteiger partial charge is 0.354 e. The molecule has 2 rings (SSSR count). The first kappa shape index (κ1) is 16.7. The molecule has 2 amide bonds. The highest BCUT2D eigenvalue weighted by Crippen LogP contribution is 2.36. The van der Waals surface area contributed by atoms with E-state index in [0.29, 0.717) is 11.6 Å². The van der Waals surface area contributed by atoms with E-state index in [2.05, 4.69) is 12.2 Å². The van der Waals surface area contributed by atoms with Crippen LogP contribution in [0.3, 0.4) is 0 Å². The second-order valence-electron chi connectivity index (χ2n) is 7.78. The van der Waals surface area contributed by atoms with Gasteiger partial charge >= 0.3 is 0 Å². The molecule has 4 nitrogen and oxygen atoms in total. The average Bonchev–Trinajstić information content (AvgIpc) is 3.03. The lowest BCUT2D eigenvalue weighted by Crippen LogP contribution is -2.51. The molecule has 1 saturated heterocycles. The lowest BCUT2D eigenvalue weighted by Gasteiger charge is -2.31. The lowest BCUT2D eigenvalue weighted by molar-refractivity contribution is -0.144. The van der Waals surface area contributed by atoms with Crippen LogP contribution in [0.4, 0.5) is 0 Å². The molecule has 2 fully saturated rings. The van der Waals surface area contributed by atoms with Crippen molar-refractivity contribution >= 4 is 23.6 Å². The summed E-state index contributed by atoms with van der Waals surface area (Å²) in [7, 11) is 0. The first-order valence-electron chi connectivity index (χ1n) is 7.89. The Balaban J connectivity index is 1.93. The number of hydrogen-bond donors (Lipinski definition) is 1. The van der Waals surface area contributed by atoms with Gasteiger partial charge in [0, 0.05) is 17.7 Å². The Bertz CT molecular complexity index is 411. The molecule has 0 spiro atoms. The molecule has 1 atom stereocenters. The monoisotopic (exact) mass is 312 g/mol. The van der Waals surface area contributed by atoms with Gasteiger partial charge in [0.2, 0.25) is 11.8 Å². The van der Waals surface area contributed by atoms with Gasteiger partial charge in [-0.15, -0.1) is 11.8 Å². The van der Waals surface area contributed by atoms with Gasteiger partial charge in [-0.25, -0.2) is 0 Å². The molecule has 2 aliphatic rings. The highest BCUT2D eigenvalue weighted by atomic mass is 32.2. The minimum Gasteiger partial charge on any atom is -0.354 e. The predicted octanol–water partition coefficient (Wildman–Crippen LogP) is 2.63. The Morgan fingerprint density at radius 3 is 2.48 bits per heavy atom. The van der Waals surface area contributed by atoms with Crippen molar-refractivity contribution in [3.05, 3.63) is 0 Å². The van der Waals surface area contributed by atoms with E-state index >= 15 is 0 Å². The Morgan fingerprint density at radius 2 is 1.90 bits per heavy atom. The summed E-state index contributed by atoms with van der Waals surface area (Å²) in [6.07, 6.45) is 4.91. The maximum absolute atomic E-state index is 12.5. The fourth-order valence-corrected chi connectivity index (χ4v) is 4.27. The average molecular weight is 312 g/mol. The van der Waals surface area contributed by atoms with Crippen LogP contribution in [0.1, 0.15) is 53.4 Å². The molecule has 1 heterocycles. The normalized spacial score (nSPS) is 25.1. The number of nitrogens with one attached hydrogen (secondary N) is 1. The van der Waals surface area contributed by atoms with E-state index in [0.717, 1.165) is 6.54 Å². The molecule has 0 radical (unpaired) electrons. The van der Waals surface area contributed by atoms with Gasteiger partial charge in [0.15, 0.2) is 0 Å². The molecule has 0 aromatic heterocycles. The van der Waals surface area contributed by atoms with Gasteiger partial charge in [-0.2, -0.15) is 0 Å². The Kier molecular flexibility index (Phi) is 4.91. The fourth-order valence-electron chi connectivity index (χ4n) is 3.11. The number of hydrogen-bond acceptors (Lipinski definition) is 3. The molecule has 0 aromatic carbocycles. The van der Waals surface area contributed by atoms with E-state index in [4.69, 9.17) is 0 Å². The quantitative estimate of drug-likeness (QED) is 0.871. The molecular formula is C16H28N2O2S. The number of thioether (sulfide) groups is 1. The summed E-state index contributed by atoms with van der Waals surface area (Å²) >= 11 is 1.66. The minimum absolute atomic E-state index is 0.0192. The topological polar surface area (TPSA) is 49.4 Å². The SMILES string of the molecule is CC1(CNC(=O)C2CSCN2C(=O)C(C)(C)C)CCCC1. The number of amides is 2. The molecule has 0 aromatic rings. The molecule has 5 heteroatoms. The van der Waals surface area contributed by atoms with E-state index < -0.39 is 5.41 Å². The van der Waals surface area contributed by atoms with Gasteiger partial charge in [-0.3, -0.25) is 9.59 Å². The van der Waals surface area contributed by atoms with E-state index in [1.54, 1.807) is 16.7 Å². The van der Waals surface area contributed by atoms with Gasteiger partial charge < -0.3 is 10.2 Å². The van der Waals surface area contributed by atoms with Crippen LogP contribution >= 0.6 is 11.8 Å². The van der Waals surface area contributed by atoms with E-state index in [-0.39, 0.29) is 23.3 Å². The number of rotatable bonds is 3. The molecule has 21 heavy (non-hydrogen) atoms. The highest BCUT2D eigenvalue weighted by molar-refractivity contribution is 7.99. The van der Waals surface area contributed by atoms with Crippen LogP contribution < -0.4 is 5.32 Å². The zero-order valence-corrected chi connectivity index (χ0v) is 14.5. The summed E-state index contributed by atoms with van der Waals surface area (Å²) in [5.74, 6) is 1.43. The second kappa shape index (κ2) is 6.19. The molecule has 1 unspecified atom stereocenters. The standard InChI is InChI=1S/C16H28N2O2S/c1-15(2,3)14(20)18-11-21-9-12(18)13(19)17-10-16(4)7-5-6-8-16/h12H,5-11H2,1-4H3,(H,17,19). The Morgan fingerprint density at radius 1 is 1.29 bits per heavy atom. The van der Waals surface area contributed by atoms with Crippen molar-refractivity contribution in [2.45, 2.75) is 59.4 Å². The lowest BCUT2D eigenvalue weighted by atomic mass is 9.89. The van der Waals surface area contributed by atoms with Crippen LogP contribution in [0, 0.1) is 10.8 Å². The van der Waals surface area contributed by atoms with Crippen LogP contribution in [0.25, 0.3) is 0 Å². The maximum Gasteiger partial charge on any atom is 0.243 e. The third-order valence-electron chi connectivity index (χ3n) is 4.59. The first-order chi connectivity index (χ1) is 9.73. The van der Waals surface area contributed by atoms with Crippen molar-refractivity contribution in [3.8, 4) is 0 Å². The van der Waals surface area contributed by atoms with Gasteiger partial charge in [0.05, 0.1) is 5.88 Å². The van der Waals surface area contributed by atoms with Crippen LogP contribution in [0.15, 0.2) is 0 Å². The molecule has 0 bridgehead atoms. The van der Waals surface area contributed by atoms with Crippen molar-refractivity contribution in [2.24, 2.45) is 10.8 Å². The number of carbonyl (C=O) groups is 2. The molecule has 1 aliphatic carbocycles. The smallest absolute Gasteiger partial charge is 0.243 e. The maximum atomic E-state index is 12.5.